The smallest absolute Gasteiger partial charge is 0.305 e. The van der Waals surface area contributed by atoms with Gasteiger partial charge in [-0.3, -0.25) is 14.4 Å². The van der Waals surface area contributed by atoms with Crippen LogP contribution >= 0.6 is 0 Å². The van der Waals surface area contributed by atoms with E-state index in [4.69, 9.17) is 57.6 Å². The zero-order chi connectivity index (χ0) is 76.1. The van der Waals surface area contributed by atoms with Crippen LogP contribution in [0.4, 0.5) is 0 Å². The predicted octanol–water partition coefficient (Wildman–Crippen LogP) is 13.2. The fraction of sp³-hybridized carbons (Fsp3) is 0.423. The van der Waals surface area contributed by atoms with Gasteiger partial charge in [0, 0.05) is 72.5 Å². The Bertz CT molecular complexity index is 3800. The van der Waals surface area contributed by atoms with Gasteiger partial charge in [0.15, 0.2) is 34.9 Å². The minimum absolute atomic E-state index is 0.0354. The number of hydrogen-bond donors (Lipinski definition) is 6. The Morgan fingerprint density at radius 2 is 0.457 bits per heavy atom. The van der Waals surface area contributed by atoms with E-state index in [-0.39, 0.29) is 143 Å². The summed E-state index contributed by atoms with van der Waals surface area (Å²) in [4.78, 5) is 62.5. The van der Waals surface area contributed by atoms with Crippen molar-refractivity contribution in [3.05, 3.63) is 106 Å². The van der Waals surface area contributed by atoms with Crippen LogP contribution < -0.4 is 28.4 Å². The van der Waals surface area contributed by atoms with E-state index in [9.17, 15) is 45.0 Å². The Hall–Kier alpha value is -10.8. The number of ether oxygens (including phenoxy) is 12. The van der Waals surface area contributed by atoms with Crippen molar-refractivity contribution in [3.63, 3.8) is 0 Å². The number of hydrogen-bond acceptors (Lipinski definition) is 27. The van der Waals surface area contributed by atoms with Gasteiger partial charge in [-0.15, -0.1) is 0 Å². The van der Waals surface area contributed by atoms with Crippen molar-refractivity contribution >= 4 is 17.9 Å². The number of aromatic hydroxyl groups is 6. The summed E-state index contributed by atoms with van der Waals surface area (Å²) in [5.41, 5.74) is 4.31. The van der Waals surface area contributed by atoms with Gasteiger partial charge in [-0.1, -0.05) is 20.8 Å². The first kappa shape index (κ1) is 81.5. The summed E-state index contributed by atoms with van der Waals surface area (Å²) in [6.07, 6.45) is 4.52. The van der Waals surface area contributed by atoms with E-state index in [0.29, 0.717) is 163 Å². The third kappa shape index (κ3) is 22.1. The van der Waals surface area contributed by atoms with Crippen molar-refractivity contribution in [2.24, 2.45) is 0 Å². The van der Waals surface area contributed by atoms with E-state index in [1.165, 1.54) is 21.3 Å². The van der Waals surface area contributed by atoms with E-state index in [1.807, 2.05) is 20.8 Å². The molecule has 27 heteroatoms. The molecule has 0 fully saturated rings. The number of carbonyl (C=O) groups is 3. The van der Waals surface area contributed by atoms with Gasteiger partial charge in [0.1, 0.15) is 88.8 Å². The molecule has 0 spiro atoms. The molecule has 0 unspecified atom stereocenters. The first-order valence-corrected chi connectivity index (χ1v) is 34.8. The molecule has 0 aliphatic rings. The normalized spacial score (nSPS) is 11.0. The van der Waals surface area contributed by atoms with Crippen LogP contribution in [0.5, 0.6) is 69.0 Å². The van der Waals surface area contributed by atoms with Gasteiger partial charge in [0.05, 0.1) is 94.4 Å². The SMILES string of the molecule is CCCOCCOc1ccc(-c2nc(-c3ccc(OCCOCCC)c(C)c3O)nc(-c3ccc(OCCOCCC)c(C)c3O)n2)c(O)c1C.COC(=O)CCCOc1ccc(-c2nc(-c3ccc(OCCCC(=O)OC)c(C)c3O)nc(-c3ccc(OCCCC(=O)OC)c(C)c3O)n2)c(O)c1C. The molecule has 0 aliphatic heterocycles. The van der Waals surface area contributed by atoms with Crippen LogP contribution in [0.1, 0.15) is 112 Å². The fourth-order valence-corrected chi connectivity index (χ4v) is 10.5. The lowest BCUT2D eigenvalue weighted by molar-refractivity contribution is -0.141. The number of phenols is 6. The zero-order valence-corrected chi connectivity index (χ0v) is 61.8. The molecule has 2 heterocycles. The third-order valence-corrected chi connectivity index (χ3v) is 16.5. The molecule has 8 rings (SSSR count). The minimum Gasteiger partial charge on any atom is -0.507 e. The average Bonchev–Trinajstić information content (AvgIpc) is 0.776. The largest absolute Gasteiger partial charge is 0.507 e. The molecule has 8 aromatic rings. The Morgan fingerprint density at radius 1 is 0.276 bits per heavy atom. The van der Waals surface area contributed by atoms with E-state index < -0.39 is 0 Å². The number of benzene rings is 6. The van der Waals surface area contributed by atoms with Crippen LogP contribution in [0.2, 0.25) is 0 Å². The maximum Gasteiger partial charge on any atom is 0.305 e. The quantitative estimate of drug-likeness (QED) is 0.0118. The van der Waals surface area contributed by atoms with Crippen LogP contribution in [0.3, 0.4) is 0 Å². The zero-order valence-electron chi connectivity index (χ0n) is 61.8. The van der Waals surface area contributed by atoms with E-state index in [2.05, 4.69) is 29.2 Å². The summed E-state index contributed by atoms with van der Waals surface area (Å²) in [5, 5.41) is 68.2. The molecule has 2 aromatic heterocycles. The lowest BCUT2D eigenvalue weighted by atomic mass is 10.1. The molecule has 564 valence electrons. The summed E-state index contributed by atoms with van der Waals surface area (Å²) in [5.74, 6) is 1.36. The number of carbonyl (C=O) groups excluding carboxylic acids is 3. The first-order valence-electron chi connectivity index (χ1n) is 34.8. The first-order chi connectivity index (χ1) is 50.6. The van der Waals surface area contributed by atoms with Crippen LogP contribution in [0, 0.1) is 41.5 Å². The second-order valence-corrected chi connectivity index (χ2v) is 24.1. The molecule has 6 N–H and O–H groups in total. The Balaban J connectivity index is 0.000000294. The minimum atomic E-state index is -0.354. The summed E-state index contributed by atoms with van der Waals surface area (Å²) in [7, 11) is 3.95. The maximum absolute atomic E-state index is 11.5. The number of methoxy groups -OCH3 is 3. The molecular weight excluding hydrogens is 1360 g/mol. The van der Waals surface area contributed by atoms with Gasteiger partial charge in [-0.25, -0.2) is 29.9 Å². The molecule has 105 heavy (non-hydrogen) atoms. The lowest BCUT2D eigenvalue weighted by Crippen LogP contribution is -2.08. The average molecular weight is 1450 g/mol. The predicted molar refractivity (Wildman–Crippen MR) is 391 cm³/mol. The summed E-state index contributed by atoms with van der Waals surface area (Å²) in [6.45, 7) is 21.2. The van der Waals surface area contributed by atoms with Gasteiger partial charge < -0.3 is 87.5 Å². The van der Waals surface area contributed by atoms with Crippen molar-refractivity contribution in [2.75, 3.05) is 101 Å². The third-order valence-electron chi connectivity index (χ3n) is 16.5. The highest BCUT2D eigenvalue weighted by Crippen LogP contribution is 2.45. The highest BCUT2D eigenvalue weighted by molar-refractivity contribution is 5.80. The number of phenolic OH excluding ortho intramolecular Hbond substituents is 6. The fourth-order valence-electron chi connectivity index (χ4n) is 10.5. The van der Waals surface area contributed by atoms with Crippen LogP contribution in [-0.2, 0) is 42.8 Å². The Morgan fingerprint density at radius 3 is 0.629 bits per heavy atom. The van der Waals surface area contributed by atoms with Crippen molar-refractivity contribution in [1.29, 1.82) is 0 Å². The van der Waals surface area contributed by atoms with Gasteiger partial charge >= 0.3 is 17.9 Å². The number of rotatable bonds is 39. The van der Waals surface area contributed by atoms with Crippen molar-refractivity contribution in [1.82, 2.24) is 29.9 Å². The van der Waals surface area contributed by atoms with Crippen molar-refractivity contribution < 1.29 is 102 Å². The van der Waals surface area contributed by atoms with E-state index in [0.717, 1.165) is 19.3 Å². The number of aromatic nitrogens is 6. The van der Waals surface area contributed by atoms with Crippen LogP contribution in [-0.4, -0.2) is 179 Å². The van der Waals surface area contributed by atoms with Crippen molar-refractivity contribution in [2.45, 2.75) is 120 Å². The molecule has 0 aliphatic carbocycles. The Labute approximate surface area is 611 Å². The van der Waals surface area contributed by atoms with Crippen molar-refractivity contribution in [3.8, 4) is 137 Å². The second-order valence-electron chi connectivity index (χ2n) is 24.1. The molecule has 0 atom stereocenters. The monoisotopic (exact) mass is 1450 g/mol. The second kappa shape index (κ2) is 40.9. The number of nitrogens with zero attached hydrogens (tertiary/aromatic N) is 6. The molecular formula is C78H96N6O21. The molecule has 0 amide bonds. The lowest BCUT2D eigenvalue weighted by Gasteiger charge is -2.16. The molecule has 0 saturated heterocycles. The van der Waals surface area contributed by atoms with Gasteiger partial charge in [0.25, 0.3) is 0 Å². The maximum atomic E-state index is 11.5. The van der Waals surface area contributed by atoms with E-state index in [1.54, 1.807) is 114 Å². The van der Waals surface area contributed by atoms with Gasteiger partial charge in [-0.2, -0.15) is 0 Å². The van der Waals surface area contributed by atoms with Gasteiger partial charge in [0.2, 0.25) is 0 Å². The summed E-state index contributed by atoms with van der Waals surface area (Å²) < 4.78 is 65.6. The molecule has 0 bridgehead atoms. The highest BCUT2D eigenvalue weighted by Gasteiger charge is 2.26. The van der Waals surface area contributed by atoms with Crippen LogP contribution in [0.15, 0.2) is 72.8 Å². The molecule has 0 saturated carbocycles. The number of esters is 3. The highest BCUT2D eigenvalue weighted by atomic mass is 16.5. The summed E-state index contributed by atoms with van der Waals surface area (Å²) in [6, 6.07) is 19.9. The Kier molecular flexibility index (Phi) is 31.8. The molecule has 6 aromatic carbocycles. The standard InChI is InChI=1S/C39H45N3O12.C39H51N3O9/c1-22-28(52-19-7-10-31(43)49-4)16-13-25(34(22)46)37-40-38(26-14-17-29(23(2)35(26)47)53-20-8-11-32(44)50-5)42-39(41-37)27-15-18-30(24(3)36(27)48)54-21-9-12-33(45)51-6;1-7-16-46-19-22-49-31-13-10-28(34(43)25(31)4)37-40-38(29-11-14-32(26(5)35(29)44)50-23-20-47-17-8-2)42-39(41-37)30-12-15-33(27(6)36(30)45)51-24-21-48-18-9-3/h13-18,46-48H,7-12,19-21H2,1-6H3;10-15,43-45H,7-9,16-24H2,1-6H3. The van der Waals surface area contributed by atoms with E-state index >= 15 is 0 Å². The van der Waals surface area contributed by atoms with Gasteiger partial charge in [-0.05, 0) is 153 Å². The van der Waals surface area contributed by atoms with Crippen LogP contribution in [0.25, 0.3) is 68.3 Å². The summed E-state index contributed by atoms with van der Waals surface area (Å²) >= 11 is 0. The molecule has 27 nitrogen and oxygen atoms in total. The topological polar surface area (TPSA) is 361 Å². The molecule has 0 radical (unpaired) electrons.